The third-order valence-corrected chi connectivity index (χ3v) is 16.4. The topological polar surface area (TPSA) is 560 Å². The van der Waals surface area contributed by atoms with E-state index in [1.54, 1.807) is 91.0 Å². The normalized spacial score (nSPS) is 14.5. The van der Waals surface area contributed by atoms with Crippen LogP contribution in [0.5, 0.6) is 11.5 Å². The summed E-state index contributed by atoms with van der Waals surface area (Å²) in [6.45, 7) is -0.0370. The molecule has 0 bridgehead atoms. The molecule has 0 aliphatic carbocycles. The van der Waals surface area contributed by atoms with Gasteiger partial charge in [-0.25, -0.2) is 0 Å². The number of likely N-dealkylation sites (tertiary alicyclic amines) is 1. The molecule has 1 saturated heterocycles. The Hall–Kier alpha value is -10.8. The van der Waals surface area contributed by atoms with E-state index >= 15 is 0 Å². The molecule has 0 unspecified atom stereocenters. The molecule has 22 N–H and O–H groups in total. The van der Waals surface area contributed by atoms with E-state index in [9.17, 15) is 57.8 Å². The number of halogens is 1. The van der Waals surface area contributed by atoms with Crippen molar-refractivity contribution in [1.82, 2.24) is 42.1 Å². The summed E-state index contributed by atoms with van der Waals surface area (Å²) < 4.78 is 5.78. The van der Waals surface area contributed by atoms with Crippen molar-refractivity contribution < 1.29 is 62.6 Å². The molecule has 526 valence electrons. The minimum atomic E-state index is -1.87. The smallest absolute Gasteiger partial charge is 0.245 e. The highest BCUT2D eigenvalue weighted by Gasteiger charge is 2.41. The third kappa shape index (κ3) is 26.8. The van der Waals surface area contributed by atoms with Crippen LogP contribution in [0.15, 0.2) is 112 Å². The van der Waals surface area contributed by atoms with Gasteiger partial charge in [0.2, 0.25) is 65.0 Å². The van der Waals surface area contributed by atoms with Crippen molar-refractivity contribution in [3.63, 3.8) is 0 Å². The number of primary amides is 3. The van der Waals surface area contributed by atoms with Gasteiger partial charge >= 0.3 is 0 Å². The average Bonchev–Trinajstić information content (AvgIpc) is 1.57. The highest BCUT2D eigenvalue weighted by Crippen LogP contribution is 2.24. The van der Waals surface area contributed by atoms with Gasteiger partial charge in [0.1, 0.15) is 59.8 Å². The Morgan fingerprint density at radius 3 is 1.66 bits per heavy atom. The fraction of sp³-hybridized carbons (Fsp3) is 0.422. The molecule has 11 amide bonds. The molecule has 33 nitrogen and oxygen atoms in total. The molecule has 0 radical (unpaired) electrons. The number of nitrogens with one attached hydrogen (secondary N) is 7. The van der Waals surface area contributed by atoms with Crippen molar-refractivity contribution in [1.29, 1.82) is 0 Å². The summed E-state index contributed by atoms with van der Waals surface area (Å²) in [4.78, 5) is 165. The van der Waals surface area contributed by atoms with Gasteiger partial charge in [-0.15, -0.1) is 0 Å². The molecular weight excluding hydrogens is 1380 g/mol. The number of nitrogens with zero attached hydrogens (tertiary/aromatic N) is 6. The van der Waals surface area contributed by atoms with Gasteiger partial charge in [-0.2, -0.15) is 0 Å². The van der Waals surface area contributed by atoms with E-state index in [0.29, 0.717) is 44.5 Å². The number of hydrogen-bond donors (Lipinski definition) is 15. The van der Waals surface area contributed by atoms with Crippen LogP contribution in [0.4, 0.5) is 5.69 Å². The van der Waals surface area contributed by atoms with E-state index in [1.165, 1.54) is 18.1 Å². The fourth-order valence-corrected chi connectivity index (χ4v) is 11.1. The number of rotatable bonds is 40. The molecule has 4 aromatic rings. The summed E-state index contributed by atoms with van der Waals surface area (Å²) >= 11 is 1.90. The Morgan fingerprint density at radius 1 is 0.582 bits per heavy atom. The standard InChI is InChI=1S/C64H85IN20O13/c1-98-41-23-18-38(19-24-41)33-47(76-54(89)15-5-11-36-16-21-40(22-17-36)83-84-73)58(93)81-48(32-37-9-3-2-4-10-37)59(94)77-44(25-27-52(66)87)57(92)82-49(35-53(67)88)60(95)79-45(13-7-29-75-64(71)72)62(97)85-30-8-14-50(85)61(96)78-43(12-6-28-74-63(69)70)56(91)80-46(55(68)90)34-39-20-26-51(86)42(65)31-39/h2-4,9-10,16-24,26,31,43-50,86H,5-8,11-15,25,27-30,32-35H2,1H3,(H2,66,87)(H2,67,88)(H2,68,90)(H,76,89)(H,77,94)(H,78,96)(H,79,95)(H,80,91)(H,81,93)(H,82,92)(H4,69,70,74)(H4,71,72,75)/t43-,44-,45-,46-,47+,48-,49-,50-/m0/s1/i65-2. The molecule has 98 heavy (non-hydrogen) atoms. The summed E-state index contributed by atoms with van der Waals surface area (Å²) in [5, 5.41) is 32.0. The van der Waals surface area contributed by atoms with Crippen molar-refractivity contribution in [3.8, 4) is 11.5 Å². The number of benzene rings is 4. The Balaban J connectivity index is 1.38. The molecule has 34 heteroatoms. The maximum atomic E-state index is 14.8. The Bertz CT molecular complexity index is 3550. The van der Waals surface area contributed by atoms with Gasteiger partial charge in [0, 0.05) is 62.3 Å². The lowest BCUT2D eigenvalue weighted by atomic mass is 10.0. The summed E-state index contributed by atoms with van der Waals surface area (Å²) in [7, 11) is 1.48. The molecule has 1 aliphatic heterocycles. The largest absolute Gasteiger partial charge is 0.507 e. The van der Waals surface area contributed by atoms with Crippen LogP contribution < -0.4 is 82.1 Å². The maximum absolute atomic E-state index is 14.8. The van der Waals surface area contributed by atoms with Crippen LogP contribution >= 0.6 is 22.6 Å². The van der Waals surface area contributed by atoms with Crippen LogP contribution in [0, 0.1) is 3.57 Å². The van der Waals surface area contributed by atoms with E-state index in [1.807, 2.05) is 22.6 Å². The number of aromatic hydroxyl groups is 1. The van der Waals surface area contributed by atoms with Gasteiger partial charge in [-0.05, 0) is 132 Å². The minimum absolute atomic E-state index is 0.00545. The van der Waals surface area contributed by atoms with Gasteiger partial charge in [0.05, 0.1) is 17.1 Å². The SMILES string of the molecule is COc1ccc(C[C@@H](NC(=O)CCCc2ccc(N=[N+]=[N-])cc2)C(=O)N[C@@H](Cc2ccccc2)C(=O)N[C@@H](CCC(N)=O)C(=O)N[C@@H](CC(N)=O)C(=O)N[C@@H](CCCN=C(N)N)C(=O)N2CCC[C@H]2C(=O)N[C@@H](CCCN=C(N)N)C(=O)N[C@@H](Cc2ccc(O)c([125I])c2)C(N)=O)cc1. The quantitative estimate of drug-likeness (QED) is 0.00489. The number of aliphatic imine (C=N–C) groups is 2. The zero-order chi connectivity index (χ0) is 71.8. The zero-order valence-electron chi connectivity index (χ0n) is 54.0. The van der Waals surface area contributed by atoms with E-state index in [4.69, 9.17) is 50.4 Å². The van der Waals surface area contributed by atoms with E-state index < -0.39 is 133 Å². The predicted molar refractivity (Wildman–Crippen MR) is 369 cm³/mol. The lowest BCUT2D eigenvalue weighted by molar-refractivity contribution is -0.143. The first-order chi connectivity index (χ1) is 46.7. The summed E-state index contributed by atoms with van der Waals surface area (Å²) in [5.74, 6) is -9.85. The summed E-state index contributed by atoms with van der Waals surface area (Å²) in [6, 6.07) is 14.8. The van der Waals surface area contributed by atoms with Gasteiger partial charge in [0.25, 0.3) is 0 Å². The highest BCUT2D eigenvalue weighted by atomic mass is 125. The van der Waals surface area contributed by atoms with E-state index in [-0.39, 0.29) is 102 Å². The molecule has 0 aromatic heterocycles. The van der Waals surface area contributed by atoms with Crippen LogP contribution in [0.3, 0.4) is 0 Å². The number of carbonyl (C=O) groups is 11. The molecule has 5 rings (SSSR count). The molecule has 4 aromatic carbocycles. The summed E-state index contributed by atoms with van der Waals surface area (Å²) in [5.41, 5.74) is 50.9. The fourth-order valence-electron chi connectivity index (χ4n) is 10.5. The number of phenols is 1. The van der Waals surface area contributed by atoms with E-state index in [0.717, 1.165) is 5.56 Å². The van der Waals surface area contributed by atoms with Crippen molar-refractivity contribution in [2.24, 2.45) is 55.2 Å². The number of azide groups is 1. The number of carbonyl (C=O) groups excluding carboxylic acids is 11. The zero-order valence-corrected chi connectivity index (χ0v) is 56.2. The van der Waals surface area contributed by atoms with Crippen LogP contribution in [0.25, 0.3) is 10.4 Å². The number of hydrogen-bond acceptors (Lipinski definition) is 16. The number of guanidine groups is 2. The second-order valence-electron chi connectivity index (χ2n) is 23.1. The molecule has 1 aliphatic rings. The minimum Gasteiger partial charge on any atom is -0.507 e. The monoisotopic (exact) mass is 1470 g/mol. The van der Waals surface area contributed by atoms with Gasteiger partial charge < -0.3 is 92.1 Å². The number of amides is 11. The lowest BCUT2D eigenvalue weighted by Gasteiger charge is -2.31. The number of phenolic OH excluding ortho intramolecular Hbond substituents is 1. The van der Waals surface area contributed by atoms with Crippen molar-refractivity contribution in [2.75, 3.05) is 26.7 Å². The average molecular weight is 1470 g/mol. The number of aryl methyl sites for hydroxylation is 1. The first-order valence-electron chi connectivity index (χ1n) is 31.4. The van der Waals surface area contributed by atoms with Crippen LogP contribution in [-0.2, 0) is 78.4 Å². The number of ether oxygens (including phenoxy) is 1. The highest BCUT2D eigenvalue weighted by molar-refractivity contribution is 14.1. The predicted octanol–water partition coefficient (Wildman–Crippen LogP) is -0.884. The van der Waals surface area contributed by atoms with Crippen LogP contribution in [-0.4, -0.2) is 162 Å². The molecule has 0 saturated carbocycles. The van der Waals surface area contributed by atoms with Crippen LogP contribution in [0.1, 0.15) is 92.9 Å². The molecule has 8 atom stereocenters. The van der Waals surface area contributed by atoms with E-state index in [2.05, 4.69) is 57.2 Å². The maximum Gasteiger partial charge on any atom is 0.245 e. The molecule has 0 spiro atoms. The van der Waals surface area contributed by atoms with Crippen molar-refractivity contribution in [3.05, 3.63) is 133 Å². The second kappa shape index (κ2) is 39.9. The number of nitrogens with two attached hydrogens (primary N) is 7. The Labute approximate surface area is 578 Å². The van der Waals surface area contributed by atoms with Gasteiger partial charge in [0.15, 0.2) is 11.9 Å². The van der Waals surface area contributed by atoms with Crippen molar-refractivity contribution >= 4 is 105 Å². The first kappa shape index (κ1) is 77.9. The van der Waals surface area contributed by atoms with Crippen molar-refractivity contribution in [2.45, 2.75) is 145 Å². The molecule has 1 heterocycles. The third-order valence-electron chi connectivity index (χ3n) is 15.6. The first-order valence-corrected chi connectivity index (χ1v) is 32.5. The summed E-state index contributed by atoms with van der Waals surface area (Å²) in [6.07, 6.45) is -1.08. The van der Waals surface area contributed by atoms with Gasteiger partial charge in [-0.3, -0.25) is 62.7 Å². The lowest BCUT2D eigenvalue weighted by Crippen LogP contribution is -2.60. The molecular formula is C64H85IN20O13. The Morgan fingerprint density at radius 2 is 1.09 bits per heavy atom. The van der Waals surface area contributed by atoms with Crippen LogP contribution in [0.2, 0.25) is 0 Å². The Kier molecular flexibility index (Phi) is 31.8. The number of methoxy groups -OCH3 is 1. The van der Waals surface area contributed by atoms with Gasteiger partial charge in [-0.1, -0.05) is 77.9 Å². The second-order valence-corrected chi connectivity index (χ2v) is 24.3. The molecule has 1 fully saturated rings.